The molecule has 2 aromatic carbocycles. The maximum atomic E-state index is 5.78. The molecular formula is C19H21NO. The van der Waals surface area contributed by atoms with Gasteiger partial charge in [-0.05, 0) is 24.0 Å². The van der Waals surface area contributed by atoms with Crippen molar-refractivity contribution in [1.82, 2.24) is 4.90 Å². The average molecular weight is 279 g/mol. The highest BCUT2D eigenvalue weighted by atomic mass is 16.6. The van der Waals surface area contributed by atoms with Crippen molar-refractivity contribution < 1.29 is 4.74 Å². The van der Waals surface area contributed by atoms with Crippen molar-refractivity contribution in [3.05, 3.63) is 71.8 Å². The molecule has 21 heavy (non-hydrogen) atoms. The van der Waals surface area contributed by atoms with Gasteiger partial charge in [0.05, 0.1) is 12.2 Å². The van der Waals surface area contributed by atoms with E-state index in [1.54, 1.807) is 0 Å². The number of hydrogen-bond donors (Lipinski definition) is 0. The third-order valence-corrected chi connectivity index (χ3v) is 4.67. The van der Waals surface area contributed by atoms with E-state index in [1.807, 2.05) is 0 Å². The van der Waals surface area contributed by atoms with Crippen molar-refractivity contribution in [2.45, 2.75) is 44.2 Å². The van der Waals surface area contributed by atoms with Gasteiger partial charge in [0.1, 0.15) is 0 Å². The summed E-state index contributed by atoms with van der Waals surface area (Å²) in [5.41, 5.74) is 2.77. The Morgan fingerprint density at radius 2 is 1.38 bits per heavy atom. The lowest BCUT2D eigenvalue weighted by atomic mass is 10.1. The Kier molecular flexibility index (Phi) is 3.50. The zero-order valence-electron chi connectivity index (χ0n) is 12.2. The van der Waals surface area contributed by atoms with Crippen LogP contribution < -0.4 is 0 Å². The van der Waals surface area contributed by atoms with Crippen molar-refractivity contribution >= 4 is 0 Å². The minimum atomic E-state index is 0.484. The standard InChI is InChI=1S/C19H21NO/c1-3-7-15(8-4-1)13-20(14-16-9-5-2-6-10-16)17-11-12-18-19(17)21-18/h1-10,17-19H,11-14H2/t17-,18+,19?/m1/s1. The number of ether oxygens (including phenoxy) is 1. The van der Waals surface area contributed by atoms with Crippen LogP contribution in [-0.2, 0) is 17.8 Å². The molecular weight excluding hydrogens is 258 g/mol. The molecule has 1 saturated heterocycles. The molecule has 1 saturated carbocycles. The normalized spacial score (nSPS) is 26.8. The number of benzene rings is 2. The number of hydrogen-bond acceptors (Lipinski definition) is 2. The first kappa shape index (κ1) is 13.1. The van der Waals surface area contributed by atoms with Gasteiger partial charge in [-0.3, -0.25) is 4.90 Å². The molecule has 1 heterocycles. The van der Waals surface area contributed by atoms with Gasteiger partial charge in [0.25, 0.3) is 0 Å². The second kappa shape index (κ2) is 5.63. The maximum absolute atomic E-state index is 5.78. The molecule has 2 fully saturated rings. The Morgan fingerprint density at radius 3 is 1.81 bits per heavy atom. The summed E-state index contributed by atoms with van der Waals surface area (Å²) in [6.45, 7) is 2.01. The number of nitrogens with zero attached hydrogens (tertiary/aromatic N) is 1. The molecule has 0 N–H and O–H groups in total. The van der Waals surface area contributed by atoms with Gasteiger partial charge in [0.2, 0.25) is 0 Å². The van der Waals surface area contributed by atoms with Gasteiger partial charge in [-0.15, -0.1) is 0 Å². The zero-order valence-corrected chi connectivity index (χ0v) is 12.2. The summed E-state index contributed by atoms with van der Waals surface area (Å²) in [5.74, 6) is 0. The third kappa shape index (κ3) is 2.87. The third-order valence-electron chi connectivity index (χ3n) is 4.67. The summed E-state index contributed by atoms with van der Waals surface area (Å²) in [5, 5.41) is 0. The van der Waals surface area contributed by atoms with E-state index in [0.717, 1.165) is 13.1 Å². The van der Waals surface area contributed by atoms with Gasteiger partial charge in [-0.25, -0.2) is 0 Å². The summed E-state index contributed by atoms with van der Waals surface area (Å²) < 4.78 is 5.78. The van der Waals surface area contributed by atoms with Crippen LogP contribution in [0.1, 0.15) is 24.0 Å². The Morgan fingerprint density at radius 1 is 0.810 bits per heavy atom. The molecule has 2 aromatic rings. The molecule has 0 radical (unpaired) electrons. The first-order chi connectivity index (χ1) is 10.4. The Balaban J connectivity index is 1.53. The second-order valence-electron chi connectivity index (χ2n) is 6.16. The van der Waals surface area contributed by atoms with Gasteiger partial charge in [-0.1, -0.05) is 60.7 Å². The van der Waals surface area contributed by atoms with Crippen molar-refractivity contribution in [1.29, 1.82) is 0 Å². The van der Waals surface area contributed by atoms with E-state index in [9.17, 15) is 0 Å². The molecule has 0 spiro atoms. The highest BCUT2D eigenvalue weighted by Crippen LogP contribution is 2.42. The lowest BCUT2D eigenvalue weighted by molar-refractivity contribution is 0.130. The molecule has 1 unspecified atom stereocenters. The summed E-state index contributed by atoms with van der Waals surface area (Å²) >= 11 is 0. The highest BCUT2D eigenvalue weighted by molar-refractivity contribution is 5.18. The molecule has 1 aliphatic heterocycles. The van der Waals surface area contributed by atoms with Crippen molar-refractivity contribution in [3.63, 3.8) is 0 Å². The Labute approximate surface area is 126 Å². The van der Waals surface area contributed by atoms with Crippen LogP contribution in [-0.4, -0.2) is 23.1 Å². The first-order valence-electron chi connectivity index (χ1n) is 7.87. The van der Waals surface area contributed by atoms with E-state index in [-0.39, 0.29) is 0 Å². The summed E-state index contributed by atoms with van der Waals surface area (Å²) in [7, 11) is 0. The molecule has 0 aromatic heterocycles. The van der Waals surface area contributed by atoms with Crippen LogP contribution >= 0.6 is 0 Å². The van der Waals surface area contributed by atoms with Gasteiger partial charge in [0, 0.05) is 19.1 Å². The van der Waals surface area contributed by atoms with Gasteiger partial charge < -0.3 is 4.74 Å². The summed E-state index contributed by atoms with van der Waals surface area (Å²) in [6.07, 6.45) is 3.53. The fourth-order valence-electron chi connectivity index (χ4n) is 3.54. The average Bonchev–Trinajstić information content (AvgIpc) is 3.19. The summed E-state index contributed by atoms with van der Waals surface area (Å²) in [4.78, 5) is 2.60. The largest absolute Gasteiger partial charge is 0.368 e. The Hall–Kier alpha value is -1.64. The predicted octanol–water partition coefficient (Wildman–Crippen LogP) is 3.62. The van der Waals surface area contributed by atoms with Crippen LogP contribution in [0.2, 0.25) is 0 Å². The van der Waals surface area contributed by atoms with E-state index in [1.165, 1.54) is 24.0 Å². The SMILES string of the molecule is c1ccc(CN(Cc2ccccc2)[C@@H]2CC[C@@H]3OC32)cc1. The monoisotopic (exact) mass is 279 g/mol. The molecule has 3 atom stereocenters. The second-order valence-corrected chi connectivity index (χ2v) is 6.16. The van der Waals surface area contributed by atoms with Crippen LogP contribution in [0.25, 0.3) is 0 Å². The van der Waals surface area contributed by atoms with Crippen LogP contribution in [0.3, 0.4) is 0 Å². The van der Waals surface area contributed by atoms with Crippen LogP contribution in [0.4, 0.5) is 0 Å². The number of rotatable bonds is 5. The van der Waals surface area contributed by atoms with Crippen molar-refractivity contribution in [2.24, 2.45) is 0 Å². The van der Waals surface area contributed by atoms with Crippen molar-refractivity contribution in [2.75, 3.05) is 0 Å². The molecule has 4 rings (SSSR count). The van der Waals surface area contributed by atoms with E-state index >= 15 is 0 Å². The fourth-order valence-corrected chi connectivity index (χ4v) is 3.54. The van der Waals surface area contributed by atoms with E-state index in [0.29, 0.717) is 18.2 Å². The first-order valence-corrected chi connectivity index (χ1v) is 7.87. The Bertz CT molecular complexity index is 542. The molecule has 2 aliphatic rings. The maximum Gasteiger partial charge on any atom is 0.0996 e. The molecule has 1 aliphatic carbocycles. The number of fused-ring (bicyclic) bond motifs is 1. The lowest BCUT2D eigenvalue weighted by Crippen LogP contribution is -2.36. The molecule has 2 nitrogen and oxygen atoms in total. The van der Waals surface area contributed by atoms with Crippen LogP contribution in [0.15, 0.2) is 60.7 Å². The molecule has 0 bridgehead atoms. The topological polar surface area (TPSA) is 15.8 Å². The summed E-state index contributed by atoms with van der Waals surface area (Å²) in [6, 6.07) is 22.1. The van der Waals surface area contributed by atoms with E-state index in [4.69, 9.17) is 4.74 Å². The van der Waals surface area contributed by atoms with E-state index < -0.39 is 0 Å². The minimum absolute atomic E-state index is 0.484. The zero-order chi connectivity index (χ0) is 14.1. The van der Waals surface area contributed by atoms with Gasteiger partial charge >= 0.3 is 0 Å². The molecule has 0 amide bonds. The predicted molar refractivity (Wildman–Crippen MR) is 83.8 cm³/mol. The number of epoxide rings is 1. The molecule has 108 valence electrons. The van der Waals surface area contributed by atoms with Gasteiger partial charge in [-0.2, -0.15) is 0 Å². The fraction of sp³-hybridized carbons (Fsp3) is 0.368. The quantitative estimate of drug-likeness (QED) is 0.777. The minimum Gasteiger partial charge on any atom is -0.368 e. The smallest absolute Gasteiger partial charge is 0.0996 e. The van der Waals surface area contributed by atoms with E-state index in [2.05, 4.69) is 65.6 Å². The van der Waals surface area contributed by atoms with Crippen LogP contribution in [0.5, 0.6) is 0 Å². The lowest BCUT2D eigenvalue weighted by Gasteiger charge is -2.29. The van der Waals surface area contributed by atoms with Gasteiger partial charge in [0.15, 0.2) is 0 Å². The van der Waals surface area contributed by atoms with Crippen molar-refractivity contribution in [3.8, 4) is 0 Å². The molecule has 2 heteroatoms. The highest BCUT2D eigenvalue weighted by Gasteiger charge is 2.52. The van der Waals surface area contributed by atoms with Crippen LogP contribution in [0, 0.1) is 0 Å².